The SMILES string of the molecule is COc1ccc([C@]2(C#N)CC[C@@H](NO)CC2)cc1OCC1CC1. The third-order valence-electron chi connectivity index (χ3n) is 5.12. The van der Waals surface area contributed by atoms with E-state index in [1.165, 1.54) is 12.8 Å². The summed E-state index contributed by atoms with van der Waals surface area (Å²) in [7, 11) is 1.64. The van der Waals surface area contributed by atoms with Crippen molar-refractivity contribution in [2.24, 2.45) is 5.92 Å². The van der Waals surface area contributed by atoms with E-state index in [9.17, 15) is 5.26 Å². The maximum absolute atomic E-state index is 9.79. The Kier molecular flexibility index (Phi) is 4.74. The largest absolute Gasteiger partial charge is 0.493 e. The Morgan fingerprint density at radius 3 is 2.57 bits per heavy atom. The number of methoxy groups -OCH3 is 1. The molecule has 0 bridgehead atoms. The Balaban J connectivity index is 1.82. The number of hydroxylamine groups is 1. The van der Waals surface area contributed by atoms with E-state index in [2.05, 4.69) is 11.5 Å². The highest BCUT2D eigenvalue weighted by Crippen LogP contribution is 2.42. The summed E-state index contributed by atoms with van der Waals surface area (Å²) in [6, 6.07) is 8.43. The van der Waals surface area contributed by atoms with Crippen LogP contribution in [0.2, 0.25) is 0 Å². The van der Waals surface area contributed by atoms with Gasteiger partial charge >= 0.3 is 0 Å². The zero-order valence-corrected chi connectivity index (χ0v) is 13.5. The molecular formula is C18H24N2O3. The zero-order valence-electron chi connectivity index (χ0n) is 13.5. The van der Waals surface area contributed by atoms with Crippen molar-refractivity contribution in [3.05, 3.63) is 23.8 Å². The number of hydrogen-bond donors (Lipinski definition) is 2. The first-order valence-corrected chi connectivity index (χ1v) is 8.33. The Morgan fingerprint density at radius 1 is 1.26 bits per heavy atom. The van der Waals surface area contributed by atoms with Crippen LogP contribution in [-0.4, -0.2) is 25.0 Å². The van der Waals surface area contributed by atoms with Gasteiger partial charge in [0.25, 0.3) is 0 Å². The molecule has 2 aliphatic rings. The van der Waals surface area contributed by atoms with Crippen molar-refractivity contribution in [2.75, 3.05) is 13.7 Å². The molecular weight excluding hydrogens is 292 g/mol. The van der Waals surface area contributed by atoms with E-state index in [1.54, 1.807) is 7.11 Å². The fourth-order valence-corrected chi connectivity index (χ4v) is 3.28. The molecule has 2 fully saturated rings. The molecule has 0 radical (unpaired) electrons. The summed E-state index contributed by atoms with van der Waals surface area (Å²) in [5, 5.41) is 18.9. The molecule has 0 aliphatic heterocycles. The van der Waals surface area contributed by atoms with Crippen molar-refractivity contribution in [3.63, 3.8) is 0 Å². The molecule has 1 aromatic carbocycles. The number of nitrogens with one attached hydrogen (secondary N) is 1. The normalized spacial score (nSPS) is 27.3. The third-order valence-corrected chi connectivity index (χ3v) is 5.12. The van der Waals surface area contributed by atoms with Crippen molar-refractivity contribution >= 4 is 0 Å². The fourth-order valence-electron chi connectivity index (χ4n) is 3.28. The molecule has 0 amide bonds. The number of benzene rings is 1. The number of nitriles is 1. The van der Waals surface area contributed by atoms with E-state index in [4.69, 9.17) is 14.7 Å². The average Bonchev–Trinajstić information content (AvgIpc) is 3.44. The lowest BCUT2D eigenvalue weighted by Crippen LogP contribution is -2.37. The lowest BCUT2D eigenvalue weighted by atomic mass is 9.69. The first kappa shape index (κ1) is 16.1. The van der Waals surface area contributed by atoms with Gasteiger partial charge in [-0.05, 0) is 62.1 Å². The van der Waals surface area contributed by atoms with Gasteiger partial charge in [-0.1, -0.05) is 6.07 Å². The Hall–Kier alpha value is -1.77. The second-order valence-corrected chi connectivity index (χ2v) is 6.72. The standard InChI is InChI=1S/C18H24N2O3/c1-22-16-5-4-14(10-17(16)23-11-13-2-3-13)18(12-19)8-6-15(20-21)7-9-18/h4-5,10,13,15,20-21H,2-3,6-9,11H2,1H3/t15-,18-. The topological polar surface area (TPSA) is 74.5 Å². The molecule has 2 saturated carbocycles. The van der Waals surface area contributed by atoms with Gasteiger partial charge in [-0.25, -0.2) is 5.48 Å². The molecule has 124 valence electrons. The van der Waals surface area contributed by atoms with Crippen molar-refractivity contribution < 1.29 is 14.7 Å². The molecule has 3 rings (SSSR count). The van der Waals surface area contributed by atoms with Crippen LogP contribution in [0.1, 0.15) is 44.1 Å². The fraction of sp³-hybridized carbons (Fsp3) is 0.611. The number of nitrogens with zero attached hydrogens (tertiary/aromatic N) is 1. The summed E-state index contributed by atoms with van der Waals surface area (Å²) < 4.78 is 11.3. The first-order valence-electron chi connectivity index (χ1n) is 8.33. The number of rotatable bonds is 6. The molecule has 2 aliphatic carbocycles. The van der Waals surface area contributed by atoms with Crippen LogP contribution in [0.3, 0.4) is 0 Å². The van der Waals surface area contributed by atoms with Gasteiger partial charge in [-0.15, -0.1) is 0 Å². The minimum Gasteiger partial charge on any atom is -0.493 e. The Bertz CT molecular complexity index is 584. The van der Waals surface area contributed by atoms with Crippen LogP contribution in [-0.2, 0) is 5.41 Å². The second-order valence-electron chi connectivity index (χ2n) is 6.72. The minimum atomic E-state index is -0.503. The van der Waals surface area contributed by atoms with Crippen LogP contribution in [0.15, 0.2) is 18.2 Å². The quantitative estimate of drug-likeness (QED) is 0.789. The number of hydrogen-bond acceptors (Lipinski definition) is 5. The van der Waals surface area contributed by atoms with Crippen LogP contribution in [0.25, 0.3) is 0 Å². The van der Waals surface area contributed by atoms with Gasteiger partial charge in [-0.3, -0.25) is 0 Å². The predicted octanol–water partition coefficient (Wildman–Crippen LogP) is 3.17. The van der Waals surface area contributed by atoms with Crippen LogP contribution in [0.4, 0.5) is 0 Å². The smallest absolute Gasteiger partial charge is 0.161 e. The summed E-state index contributed by atoms with van der Waals surface area (Å²) in [5.41, 5.74) is 2.82. The highest BCUT2D eigenvalue weighted by atomic mass is 16.5. The molecule has 5 nitrogen and oxygen atoms in total. The van der Waals surface area contributed by atoms with Crippen LogP contribution < -0.4 is 15.0 Å². The van der Waals surface area contributed by atoms with Gasteiger partial charge in [0.05, 0.1) is 25.2 Å². The molecule has 0 aromatic heterocycles. The van der Waals surface area contributed by atoms with Crippen LogP contribution in [0, 0.1) is 17.2 Å². The van der Waals surface area contributed by atoms with Crippen molar-refractivity contribution in [1.82, 2.24) is 5.48 Å². The van der Waals surface area contributed by atoms with E-state index < -0.39 is 5.41 Å². The lowest BCUT2D eigenvalue weighted by Gasteiger charge is -2.35. The van der Waals surface area contributed by atoms with Crippen LogP contribution >= 0.6 is 0 Å². The van der Waals surface area contributed by atoms with E-state index in [1.807, 2.05) is 18.2 Å². The minimum absolute atomic E-state index is 0.0836. The highest BCUT2D eigenvalue weighted by Gasteiger charge is 2.37. The number of ether oxygens (including phenoxy) is 2. The van der Waals surface area contributed by atoms with E-state index in [-0.39, 0.29) is 6.04 Å². The van der Waals surface area contributed by atoms with Crippen molar-refractivity contribution in [1.29, 1.82) is 5.26 Å². The summed E-state index contributed by atoms with van der Waals surface area (Å²) in [5.74, 6) is 2.11. The summed E-state index contributed by atoms with van der Waals surface area (Å²) in [6.07, 6.45) is 5.51. The molecule has 0 spiro atoms. The third kappa shape index (κ3) is 3.44. The second kappa shape index (κ2) is 6.77. The van der Waals surface area contributed by atoms with E-state index in [0.29, 0.717) is 11.7 Å². The van der Waals surface area contributed by atoms with Gasteiger partial charge in [0, 0.05) is 6.04 Å². The van der Waals surface area contributed by atoms with E-state index >= 15 is 0 Å². The molecule has 2 N–H and O–H groups in total. The van der Waals surface area contributed by atoms with Gasteiger partial charge in [0.1, 0.15) is 0 Å². The molecule has 23 heavy (non-hydrogen) atoms. The highest BCUT2D eigenvalue weighted by molar-refractivity contribution is 5.47. The van der Waals surface area contributed by atoms with Gasteiger partial charge in [0.15, 0.2) is 11.5 Å². The predicted molar refractivity (Wildman–Crippen MR) is 85.7 cm³/mol. The van der Waals surface area contributed by atoms with Gasteiger partial charge in [0.2, 0.25) is 0 Å². The molecule has 0 unspecified atom stereocenters. The zero-order chi connectivity index (χ0) is 16.3. The lowest BCUT2D eigenvalue weighted by molar-refractivity contribution is 0.0974. The van der Waals surface area contributed by atoms with Crippen LogP contribution in [0.5, 0.6) is 11.5 Å². The maximum atomic E-state index is 9.79. The van der Waals surface area contributed by atoms with Gasteiger partial charge in [-0.2, -0.15) is 5.26 Å². The first-order chi connectivity index (χ1) is 11.2. The van der Waals surface area contributed by atoms with Gasteiger partial charge < -0.3 is 14.7 Å². The molecule has 5 heteroatoms. The molecule has 0 saturated heterocycles. The Labute approximate surface area is 137 Å². The maximum Gasteiger partial charge on any atom is 0.161 e. The van der Waals surface area contributed by atoms with E-state index in [0.717, 1.165) is 43.6 Å². The Morgan fingerprint density at radius 2 is 2.00 bits per heavy atom. The molecule has 0 atom stereocenters. The molecule has 1 aromatic rings. The molecule has 0 heterocycles. The monoisotopic (exact) mass is 316 g/mol. The van der Waals surface area contributed by atoms with Crippen molar-refractivity contribution in [3.8, 4) is 17.6 Å². The summed E-state index contributed by atoms with van der Waals surface area (Å²) >= 11 is 0. The summed E-state index contributed by atoms with van der Waals surface area (Å²) in [4.78, 5) is 0. The summed E-state index contributed by atoms with van der Waals surface area (Å²) in [6.45, 7) is 0.718. The van der Waals surface area contributed by atoms with Crippen molar-refractivity contribution in [2.45, 2.75) is 50.0 Å². The average molecular weight is 316 g/mol.